The zero-order valence-electron chi connectivity index (χ0n) is 17.9. The van der Waals surface area contributed by atoms with Crippen LogP contribution in [-0.4, -0.2) is 40.1 Å². The van der Waals surface area contributed by atoms with Crippen LogP contribution in [0.5, 0.6) is 0 Å². The molecular weight excluding hydrogens is 442 g/mol. The monoisotopic (exact) mass is 471 g/mol. The van der Waals surface area contributed by atoms with Crippen molar-refractivity contribution in [2.24, 2.45) is 28.3 Å². The van der Waals surface area contributed by atoms with Crippen LogP contribution in [0, 0.1) is 11.8 Å². The van der Waals surface area contributed by atoms with E-state index < -0.39 is 6.04 Å². The highest BCUT2D eigenvalue weighted by atomic mass is 32.1. The van der Waals surface area contributed by atoms with E-state index in [4.69, 9.17) is 23.7 Å². The Morgan fingerprint density at radius 1 is 1.22 bits per heavy atom. The van der Waals surface area contributed by atoms with Crippen molar-refractivity contribution in [3.05, 3.63) is 52.5 Å². The Kier molecular flexibility index (Phi) is 8.87. The van der Waals surface area contributed by atoms with Crippen molar-refractivity contribution < 1.29 is 9.59 Å². The number of guanidine groups is 1. The normalized spacial score (nSPS) is 18.6. The SMILES string of the molecule is NC(N)=NCCC[C@H](NC(=O)C1CCCC1C(=S)Cc1ccccc1)C(=O)c1nccs1. The number of ketones is 1. The largest absolute Gasteiger partial charge is 0.370 e. The maximum atomic E-state index is 13.2. The number of hydrogen-bond acceptors (Lipinski definition) is 6. The van der Waals surface area contributed by atoms with E-state index in [1.165, 1.54) is 11.3 Å². The lowest BCUT2D eigenvalue weighted by molar-refractivity contribution is -0.125. The molecule has 1 amide bonds. The Hall–Kier alpha value is -2.65. The molecule has 1 aromatic carbocycles. The highest BCUT2D eigenvalue weighted by Crippen LogP contribution is 2.34. The molecule has 1 aliphatic rings. The summed E-state index contributed by atoms with van der Waals surface area (Å²) < 4.78 is 0. The molecule has 3 rings (SSSR count). The summed E-state index contributed by atoms with van der Waals surface area (Å²) in [5, 5.41) is 5.13. The number of hydrogen-bond donors (Lipinski definition) is 3. The first-order chi connectivity index (χ1) is 15.5. The van der Waals surface area contributed by atoms with Crippen molar-refractivity contribution >= 4 is 46.1 Å². The minimum absolute atomic E-state index is 0.0116. The molecule has 1 saturated carbocycles. The van der Waals surface area contributed by atoms with Crippen LogP contribution in [0.25, 0.3) is 0 Å². The molecule has 1 aliphatic carbocycles. The van der Waals surface area contributed by atoms with Gasteiger partial charge in [0.2, 0.25) is 11.7 Å². The van der Waals surface area contributed by atoms with E-state index in [0.29, 0.717) is 30.8 Å². The number of thiazole rings is 1. The molecule has 1 fully saturated rings. The molecule has 2 aromatic rings. The van der Waals surface area contributed by atoms with Crippen LogP contribution in [0.4, 0.5) is 0 Å². The fraction of sp³-hybridized carbons (Fsp3) is 0.435. The van der Waals surface area contributed by atoms with Crippen molar-refractivity contribution in [3.8, 4) is 0 Å². The van der Waals surface area contributed by atoms with E-state index in [9.17, 15) is 9.59 Å². The van der Waals surface area contributed by atoms with Gasteiger partial charge in [0.05, 0.1) is 6.04 Å². The van der Waals surface area contributed by atoms with Gasteiger partial charge < -0.3 is 16.8 Å². The van der Waals surface area contributed by atoms with E-state index in [1.807, 2.05) is 18.2 Å². The average molecular weight is 472 g/mol. The fourth-order valence-electron chi connectivity index (χ4n) is 4.13. The highest BCUT2D eigenvalue weighted by molar-refractivity contribution is 7.80. The molecule has 2 unspecified atom stereocenters. The highest BCUT2D eigenvalue weighted by Gasteiger charge is 2.37. The Labute approximate surface area is 197 Å². The summed E-state index contributed by atoms with van der Waals surface area (Å²) >= 11 is 7.01. The Morgan fingerprint density at radius 3 is 2.66 bits per heavy atom. The molecule has 170 valence electrons. The maximum Gasteiger partial charge on any atom is 0.224 e. The lowest BCUT2D eigenvalue weighted by Crippen LogP contribution is -2.45. The van der Waals surface area contributed by atoms with Gasteiger partial charge in [-0.05, 0) is 31.2 Å². The lowest BCUT2D eigenvalue weighted by atomic mass is 9.88. The van der Waals surface area contributed by atoms with Gasteiger partial charge in [-0.1, -0.05) is 49.0 Å². The molecule has 0 spiro atoms. The van der Waals surface area contributed by atoms with Crippen LogP contribution in [0.1, 0.15) is 47.5 Å². The maximum absolute atomic E-state index is 13.2. The zero-order valence-corrected chi connectivity index (χ0v) is 19.5. The molecular formula is C23H29N5O2S2. The molecule has 0 radical (unpaired) electrons. The van der Waals surface area contributed by atoms with E-state index in [-0.39, 0.29) is 29.5 Å². The van der Waals surface area contributed by atoms with E-state index >= 15 is 0 Å². The Bertz CT molecular complexity index is 943. The second kappa shape index (κ2) is 11.8. The van der Waals surface area contributed by atoms with Gasteiger partial charge in [-0.3, -0.25) is 14.6 Å². The average Bonchev–Trinajstić information content (AvgIpc) is 3.48. The number of aliphatic imine (C=N–C) groups is 1. The Balaban J connectivity index is 1.66. The molecule has 9 heteroatoms. The second-order valence-corrected chi connectivity index (χ2v) is 9.40. The summed E-state index contributed by atoms with van der Waals surface area (Å²) in [5.41, 5.74) is 11.9. The first-order valence-corrected chi connectivity index (χ1v) is 12.1. The summed E-state index contributed by atoms with van der Waals surface area (Å²) in [6.45, 7) is 0.396. The summed E-state index contributed by atoms with van der Waals surface area (Å²) in [6.07, 6.45) is 5.91. The van der Waals surface area contributed by atoms with Crippen molar-refractivity contribution in [1.82, 2.24) is 10.3 Å². The number of thiocarbonyl (C=S) groups is 1. The van der Waals surface area contributed by atoms with Crippen LogP contribution >= 0.6 is 23.6 Å². The van der Waals surface area contributed by atoms with Gasteiger partial charge >= 0.3 is 0 Å². The van der Waals surface area contributed by atoms with Crippen LogP contribution in [-0.2, 0) is 11.2 Å². The quantitative estimate of drug-likeness (QED) is 0.152. The van der Waals surface area contributed by atoms with E-state index in [1.54, 1.807) is 11.6 Å². The van der Waals surface area contributed by atoms with Gasteiger partial charge in [-0.15, -0.1) is 11.3 Å². The molecule has 0 aliphatic heterocycles. The van der Waals surface area contributed by atoms with Gasteiger partial charge in [0, 0.05) is 41.2 Å². The van der Waals surface area contributed by atoms with Gasteiger partial charge in [0.1, 0.15) is 0 Å². The van der Waals surface area contributed by atoms with Crippen molar-refractivity contribution in [2.75, 3.05) is 6.54 Å². The molecule has 0 bridgehead atoms. The van der Waals surface area contributed by atoms with Gasteiger partial charge in [-0.2, -0.15) is 0 Å². The molecule has 1 heterocycles. The van der Waals surface area contributed by atoms with Crippen LogP contribution in [0.2, 0.25) is 0 Å². The predicted molar refractivity (Wildman–Crippen MR) is 132 cm³/mol. The standard InChI is InChI=1S/C23H29N5O2S2/c24-23(25)27-11-5-10-18(20(29)22-26-12-13-32-22)28-21(30)17-9-4-8-16(17)19(31)14-15-6-2-1-3-7-15/h1-3,6-7,12-13,16-18H,4-5,8-11,14H2,(H,28,30)(H4,24,25,27)/t16?,17?,18-/m0/s1. The number of rotatable bonds is 11. The number of nitrogens with two attached hydrogens (primary N) is 2. The van der Waals surface area contributed by atoms with Gasteiger partial charge in [0.25, 0.3) is 0 Å². The minimum Gasteiger partial charge on any atom is -0.370 e. The number of aromatic nitrogens is 1. The van der Waals surface area contributed by atoms with Crippen LogP contribution in [0.3, 0.4) is 0 Å². The van der Waals surface area contributed by atoms with Crippen molar-refractivity contribution in [2.45, 2.75) is 44.6 Å². The number of carbonyl (C=O) groups excluding carboxylic acids is 2. The molecule has 3 atom stereocenters. The minimum atomic E-state index is -0.660. The first kappa shape index (κ1) is 24.0. The van der Waals surface area contributed by atoms with Crippen molar-refractivity contribution in [1.29, 1.82) is 0 Å². The number of nitrogens with zero attached hydrogens (tertiary/aromatic N) is 2. The van der Waals surface area contributed by atoms with Crippen molar-refractivity contribution in [3.63, 3.8) is 0 Å². The summed E-state index contributed by atoms with van der Waals surface area (Å²) in [5.74, 6) is -0.449. The van der Waals surface area contributed by atoms with Crippen LogP contribution in [0.15, 0.2) is 46.9 Å². The number of nitrogens with one attached hydrogen (secondary N) is 1. The lowest BCUT2D eigenvalue weighted by Gasteiger charge is -2.23. The summed E-state index contributed by atoms with van der Waals surface area (Å²) in [6, 6.07) is 9.41. The number of amides is 1. The van der Waals surface area contributed by atoms with E-state index in [2.05, 4.69) is 27.4 Å². The molecule has 32 heavy (non-hydrogen) atoms. The van der Waals surface area contributed by atoms with Gasteiger partial charge in [-0.25, -0.2) is 4.98 Å². The van der Waals surface area contributed by atoms with Crippen LogP contribution < -0.4 is 16.8 Å². The third-order valence-corrected chi connectivity index (χ3v) is 6.94. The number of Topliss-reactive ketones (excluding diaryl/α,β-unsaturated/α-hetero) is 1. The molecule has 1 aromatic heterocycles. The number of carbonyl (C=O) groups is 2. The number of benzene rings is 1. The first-order valence-electron chi connectivity index (χ1n) is 10.8. The summed E-state index contributed by atoms with van der Waals surface area (Å²) in [4.78, 5) is 35.2. The third-order valence-electron chi connectivity index (χ3n) is 5.71. The summed E-state index contributed by atoms with van der Waals surface area (Å²) in [7, 11) is 0. The molecule has 5 N–H and O–H groups in total. The van der Waals surface area contributed by atoms with Gasteiger partial charge in [0.15, 0.2) is 11.0 Å². The second-order valence-electron chi connectivity index (χ2n) is 7.98. The molecule has 7 nitrogen and oxygen atoms in total. The fourth-order valence-corrected chi connectivity index (χ4v) is 5.21. The topological polar surface area (TPSA) is 123 Å². The van der Waals surface area contributed by atoms with E-state index in [0.717, 1.165) is 29.7 Å². The predicted octanol–water partition coefficient (Wildman–Crippen LogP) is 2.89. The zero-order chi connectivity index (χ0) is 22.9. The Morgan fingerprint density at radius 2 is 1.97 bits per heavy atom. The molecule has 0 saturated heterocycles. The smallest absolute Gasteiger partial charge is 0.224 e. The third kappa shape index (κ3) is 6.67.